The quantitative estimate of drug-likeness (QED) is 0.790. The summed E-state index contributed by atoms with van der Waals surface area (Å²) in [6.07, 6.45) is 2.02. The normalized spacial score (nSPS) is 27.8. The van der Waals surface area contributed by atoms with E-state index in [9.17, 15) is 4.79 Å². The molecule has 0 radical (unpaired) electrons. The molecule has 0 aliphatic carbocycles. The van der Waals surface area contributed by atoms with Gasteiger partial charge >= 0.3 is 0 Å². The van der Waals surface area contributed by atoms with Gasteiger partial charge in [-0.3, -0.25) is 9.69 Å². The van der Waals surface area contributed by atoms with Gasteiger partial charge in [0.25, 0.3) is 0 Å². The Bertz CT molecular complexity index is 287. The zero-order chi connectivity index (χ0) is 13.1. The molecule has 18 heavy (non-hydrogen) atoms. The predicted molar refractivity (Wildman–Crippen MR) is 73.4 cm³/mol. The maximum Gasteiger partial charge on any atom is 0.225 e. The van der Waals surface area contributed by atoms with Crippen LogP contribution in [-0.2, 0) is 4.79 Å². The van der Waals surface area contributed by atoms with Crippen LogP contribution in [-0.4, -0.2) is 61.5 Å². The molecule has 0 aromatic rings. The summed E-state index contributed by atoms with van der Waals surface area (Å²) in [7, 11) is 2.18. The van der Waals surface area contributed by atoms with Crippen molar-refractivity contribution in [3.63, 3.8) is 0 Å². The third-order valence-electron chi connectivity index (χ3n) is 4.47. The van der Waals surface area contributed by atoms with Gasteiger partial charge in [-0.05, 0) is 38.9 Å². The van der Waals surface area contributed by atoms with Gasteiger partial charge in [0.1, 0.15) is 0 Å². The van der Waals surface area contributed by atoms with E-state index in [4.69, 9.17) is 0 Å². The molecule has 0 bridgehead atoms. The molecule has 2 fully saturated rings. The van der Waals surface area contributed by atoms with Crippen molar-refractivity contribution >= 4 is 5.91 Å². The Morgan fingerprint density at radius 2 is 1.89 bits per heavy atom. The molecular formula is C14H27N3O. The summed E-state index contributed by atoms with van der Waals surface area (Å²) in [6, 6.07) is 0.518. The number of nitrogens with zero attached hydrogens (tertiary/aromatic N) is 2. The van der Waals surface area contributed by atoms with Crippen LogP contribution in [0.2, 0.25) is 0 Å². The van der Waals surface area contributed by atoms with E-state index in [0.717, 1.165) is 45.6 Å². The number of carbonyl (C=O) groups is 1. The third-order valence-corrected chi connectivity index (χ3v) is 4.47. The van der Waals surface area contributed by atoms with E-state index >= 15 is 0 Å². The second kappa shape index (κ2) is 6.02. The van der Waals surface area contributed by atoms with Crippen LogP contribution in [0.15, 0.2) is 0 Å². The molecule has 2 rings (SSSR count). The number of hydrogen-bond acceptors (Lipinski definition) is 3. The van der Waals surface area contributed by atoms with E-state index in [1.54, 1.807) is 0 Å². The first kappa shape index (κ1) is 13.8. The van der Waals surface area contributed by atoms with Crippen molar-refractivity contribution in [1.82, 2.24) is 15.1 Å². The van der Waals surface area contributed by atoms with E-state index in [1.807, 2.05) is 0 Å². The molecule has 2 aliphatic rings. The fraction of sp³-hybridized carbons (Fsp3) is 0.929. The number of piperidine rings is 1. The van der Waals surface area contributed by atoms with Crippen LogP contribution in [0.25, 0.3) is 0 Å². The Balaban J connectivity index is 1.94. The van der Waals surface area contributed by atoms with Crippen molar-refractivity contribution in [1.29, 1.82) is 0 Å². The number of piperazine rings is 1. The van der Waals surface area contributed by atoms with Crippen LogP contribution >= 0.6 is 0 Å². The first-order valence-corrected chi connectivity index (χ1v) is 7.29. The van der Waals surface area contributed by atoms with Crippen molar-refractivity contribution in [2.45, 2.75) is 32.7 Å². The van der Waals surface area contributed by atoms with Gasteiger partial charge in [0.05, 0.1) is 0 Å². The average Bonchev–Trinajstić information content (AvgIpc) is 2.39. The molecule has 104 valence electrons. The van der Waals surface area contributed by atoms with Crippen molar-refractivity contribution in [2.75, 3.05) is 39.8 Å². The number of carbonyl (C=O) groups excluding carboxylic acids is 1. The summed E-state index contributed by atoms with van der Waals surface area (Å²) in [5.74, 6) is 1.27. The predicted octanol–water partition coefficient (Wildman–Crippen LogP) is 0.785. The zero-order valence-corrected chi connectivity index (χ0v) is 12.0. The number of rotatable bonds is 2. The molecular weight excluding hydrogens is 226 g/mol. The monoisotopic (exact) mass is 253 g/mol. The number of amides is 1. The second-order valence-electron chi connectivity index (χ2n) is 6.10. The van der Waals surface area contributed by atoms with Crippen LogP contribution in [0.1, 0.15) is 26.7 Å². The molecule has 0 saturated carbocycles. The summed E-state index contributed by atoms with van der Waals surface area (Å²) in [5, 5.41) is 3.33. The number of hydrogen-bond donors (Lipinski definition) is 1. The minimum atomic E-state index is 0.266. The van der Waals surface area contributed by atoms with Crippen molar-refractivity contribution in [3.8, 4) is 0 Å². The fourth-order valence-electron chi connectivity index (χ4n) is 3.15. The molecule has 1 amide bonds. The van der Waals surface area contributed by atoms with Crippen LogP contribution < -0.4 is 5.32 Å². The summed E-state index contributed by atoms with van der Waals surface area (Å²) in [4.78, 5) is 17.0. The molecule has 0 aromatic carbocycles. The Morgan fingerprint density at radius 1 is 1.22 bits per heavy atom. The van der Waals surface area contributed by atoms with Gasteiger partial charge in [-0.2, -0.15) is 0 Å². The van der Waals surface area contributed by atoms with Crippen molar-refractivity contribution in [2.24, 2.45) is 11.8 Å². The molecule has 2 aliphatic heterocycles. The standard InChI is InChI=1S/C14H27N3O/c1-11(2)13-10-17(9-8-16(13)3)14(18)12-4-6-15-7-5-12/h11-13,15H,4-10H2,1-3H3. The molecule has 4 nitrogen and oxygen atoms in total. The molecule has 4 heteroatoms. The van der Waals surface area contributed by atoms with E-state index in [0.29, 0.717) is 17.9 Å². The molecule has 1 unspecified atom stereocenters. The topological polar surface area (TPSA) is 35.6 Å². The average molecular weight is 253 g/mol. The van der Waals surface area contributed by atoms with Gasteiger partial charge in [0.2, 0.25) is 5.91 Å². The minimum absolute atomic E-state index is 0.266. The second-order valence-corrected chi connectivity index (χ2v) is 6.10. The van der Waals surface area contributed by atoms with Crippen LogP contribution in [0.4, 0.5) is 0 Å². The molecule has 2 heterocycles. The van der Waals surface area contributed by atoms with E-state index in [-0.39, 0.29) is 5.92 Å². The highest BCUT2D eigenvalue weighted by Crippen LogP contribution is 2.20. The molecule has 1 N–H and O–H groups in total. The highest BCUT2D eigenvalue weighted by molar-refractivity contribution is 5.79. The molecule has 0 aromatic heterocycles. The van der Waals surface area contributed by atoms with Crippen LogP contribution in [0.3, 0.4) is 0 Å². The number of likely N-dealkylation sites (N-methyl/N-ethyl adjacent to an activating group) is 1. The fourth-order valence-corrected chi connectivity index (χ4v) is 3.15. The molecule has 0 spiro atoms. The van der Waals surface area contributed by atoms with E-state index in [2.05, 4.69) is 36.0 Å². The van der Waals surface area contributed by atoms with E-state index < -0.39 is 0 Å². The van der Waals surface area contributed by atoms with Gasteiger partial charge in [-0.25, -0.2) is 0 Å². The molecule has 1 atom stereocenters. The van der Waals surface area contributed by atoms with Gasteiger partial charge in [-0.1, -0.05) is 13.8 Å². The van der Waals surface area contributed by atoms with Crippen molar-refractivity contribution in [3.05, 3.63) is 0 Å². The van der Waals surface area contributed by atoms with Gasteiger partial charge in [0, 0.05) is 31.6 Å². The van der Waals surface area contributed by atoms with Gasteiger partial charge in [0.15, 0.2) is 0 Å². The maximum atomic E-state index is 12.5. The summed E-state index contributed by atoms with van der Waals surface area (Å²) >= 11 is 0. The van der Waals surface area contributed by atoms with Crippen LogP contribution in [0.5, 0.6) is 0 Å². The minimum Gasteiger partial charge on any atom is -0.340 e. The number of nitrogens with one attached hydrogen (secondary N) is 1. The zero-order valence-electron chi connectivity index (χ0n) is 12.0. The Hall–Kier alpha value is -0.610. The lowest BCUT2D eigenvalue weighted by Crippen LogP contribution is -2.56. The van der Waals surface area contributed by atoms with Crippen LogP contribution in [0, 0.1) is 11.8 Å². The maximum absolute atomic E-state index is 12.5. The summed E-state index contributed by atoms with van der Waals surface area (Å²) < 4.78 is 0. The lowest BCUT2D eigenvalue weighted by Gasteiger charge is -2.42. The van der Waals surface area contributed by atoms with Crippen molar-refractivity contribution < 1.29 is 4.79 Å². The largest absolute Gasteiger partial charge is 0.340 e. The summed E-state index contributed by atoms with van der Waals surface area (Å²) in [6.45, 7) is 9.33. The Kier molecular flexibility index (Phi) is 4.62. The lowest BCUT2D eigenvalue weighted by atomic mass is 9.94. The Labute approximate surface area is 111 Å². The SMILES string of the molecule is CC(C)C1CN(C(=O)C2CCNCC2)CCN1C. The smallest absolute Gasteiger partial charge is 0.225 e. The summed E-state index contributed by atoms with van der Waals surface area (Å²) in [5.41, 5.74) is 0. The molecule has 2 saturated heterocycles. The highest BCUT2D eigenvalue weighted by Gasteiger charge is 2.32. The Morgan fingerprint density at radius 3 is 2.50 bits per heavy atom. The first-order chi connectivity index (χ1) is 8.59. The van der Waals surface area contributed by atoms with E-state index in [1.165, 1.54) is 0 Å². The lowest BCUT2D eigenvalue weighted by molar-refractivity contribution is -0.139. The first-order valence-electron chi connectivity index (χ1n) is 7.29. The third kappa shape index (κ3) is 3.04. The van der Waals surface area contributed by atoms with Gasteiger partial charge < -0.3 is 10.2 Å². The highest BCUT2D eigenvalue weighted by atomic mass is 16.2. The van der Waals surface area contributed by atoms with Gasteiger partial charge in [-0.15, -0.1) is 0 Å².